The molecule has 0 aliphatic heterocycles. The number of fused-ring (bicyclic) bond motifs is 1. The van der Waals surface area contributed by atoms with E-state index in [0.29, 0.717) is 23.4 Å². The Balaban J connectivity index is 2.14. The van der Waals surface area contributed by atoms with Crippen molar-refractivity contribution in [2.24, 2.45) is 0 Å². The van der Waals surface area contributed by atoms with Gasteiger partial charge in [0, 0.05) is 13.0 Å². The van der Waals surface area contributed by atoms with E-state index in [1.165, 1.54) is 4.57 Å². The number of alkyl carbamates (subject to hydrolysis) is 1. The van der Waals surface area contributed by atoms with E-state index in [-0.39, 0.29) is 31.5 Å². The molecule has 0 saturated heterocycles. The lowest BCUT2D eigenvalue weighted by atomic mass is 10.2. The molecule has 2 aromatic heterocycles. The number of amides is 1. The average molecular weight is 379 g/mol. The summed E-state index contributed by atoms with van der Waals surface area (Å²) < 4.78 is 11.5. The molecular weight excluding hydrogens is 354 g/mol. The largest absolute Gasteiger partial charge is 0.465 e. The summed E-state index contributed by atoms with van der Waals surface area (Å²) >= 11 is 0. The van der Waals surface area contributed by atoms with Gasteiger partial charge in [0.1, 0.15) is 18.0 Å². The van der Waals surface area contributed by atoms with Gasteiger partial charge in [-0.3, -0.25) is 9.36 Å². The van der Waals surface area contributed by atoms with Gasteiger partial charge in [0.2, 0.25) is 5.95 Å². The first kappa shape index (κ1) is 20.2. The van der Waals surface area contributed by atoms with Crippen molar-refractivity contribution in [2.45, 2.75) is 46.3 Å². The highest BCUT2D eigenvalue weighted by Gasteiger charge is 2.18. The smallest absolute Gasteiger partial charge is 0.407 e. The lowest BCUT2D eigenvalue weighted by molar-refractivity contribution is -0.143. The number of esters is 1. The molecule has 0 fully saturated rings. The van der Waals surface area contributed by atoms with Crippen molar-refractivity contribution in [1.82, 2.24) is 24.8 Å². The molecule has 2 heterocycles. The fourth-order valence-electron chi connectivity index (χ4n) is 2.28. The van der Waals surface area contributed by atoms with Crippen molar-refractivity contribution in [2.75, 3.05) is 24.6 Å². The third-order valence-electron chi connectivity index (χ3n) is 3.31. The number of carbonyl (C=O) groups is 2. The van der Waals surface area contributed by atoms with Gasteiger partial charge < -0.3 is 26.3 Å². The van der Waals surface area contributed by atoms with E-state index in [4.69, 9.17) is 20.9 Å². The maximum Gasteiger partial charge on any atom is 0.407 e. The Labute approximate surface area is 156 Å². The summed E-state index contributed by atoms with van der Waals surface area (Å²) in [5, 5.41) is 2.62. The van der Waals surface area contributed by atoms with E-state index < -0.39 is 17.7 Å². The summed E-state index contributed by atoms with van der Waals surface area (Å²) in [5.74, 6) is 0.138. The van der Waals surface area contributed by atoms with Gasteiger partial charge in [-0.1, -0.05) is 0 Å². The van der Waals surface area contributed by atoms with Crippen molar-refractivity contribution < 1.29 is 19.1 Å². The Morgan fingerprint density at radius 2 is 1.89 bits per heavy atom. The minimum Gasteiger partial charge on any atom is -0.465 e. The summed E-state index contributed by atoms with van der Waals surface area (Å²) in [4.78, 5) is 36.1. The predicted octanol–water partition coefficient (Wildman–Crippen LogP) is 0.621. The van der Waals surface area contributed by atoms with Crippen molar-refractivity contribution in [1.29, 1.82) is 0 Å². The second-order valence-corrected chi connectivity index (χ2v) is 6.74. The van der Waals surface area contributed by atoms with Crippen LogP contribution in [0.25, 0.3) is 11.2 Å². The van der Waals surface area contributed by atoms with Crippen LogP contribution in [0.1, 0.15) is 33.5 Å². The first-order valence-electron chi connectivity index (χ1n) is 8.51. The lowest BCUT2D eigenvalue weighted by Gasteiger charge is -2.19. The maximum absolute atomic E-state index is 11.8. The molecule has 1 amide bonds. The molecule has 0 unspecified atom stereocenters. The molecule has 5 N–H and O–H groups in total. The van der Waals surface area contributed by atoms with Gasteiger partial charge in [-0.15, -0.1) is 0 Å². The average Bonchev–Trinajstić information content (AvgIpc) is 2.83. The van der Waals surface area contributed by atoms with Gasteiger partial charge in [-0.2, -0.15) is 0 Å². The summed E-state index contributed by atoms with van der Waals surface area (Å²) in [6, 6.07) is 0. The molecule has 0 aliphatic rings. The molecule has 0 spiro atoms. The number of ether oxygens (including phenoxy) is 2. The molecule has 2 aromatic rings. The van der Waals surface area contributed by atoms with Gasteiger partial charge in [-0.25, -0.2) is 19.7 Å². The van der Waals surface area contributed by atoms with Crippen molar-refractivity contribution >= 4 is 35.0 Å². The van der Waals surface area contributed by atoms with Crippen LogP contribution in [0.15, 0.2) is 0 Å². The van der Waals surface area contributed by atoms with Crippen molar-refractivity contribution in [3.8, 4) is 0 Å². The topological polar surface area (TPSA) is 160 Å². The number of aromatic nitrogens is 4. The van der Waals surface area contributed by atoms with Gasteiger partial charge in [0.25, 0.3) is 0 Å². The van der Waals surface area contributed by atoms with Gasteiger partial charge in [-0.05, 0) is 27.7 Å². The number of hydrogen-bond acceptors (Lipinski definition) is 9. The normalized spacial score (nSPS) is 11.4. The second kappa shape index (κ2) is 8.06. The van der Waals surface area contributed by atoms with Crippen molar-refractivity contribution in [3.05, 3.63) is 5.82 Å². The van der Waals surface area contributed by atoms with E-state index in [1.54, 1.807) is 27.7 Å². The quantitative estimate of drug-likeness (QED) is 0.611. The van der Waals surface area contributed by atoms with Crippen LogP contribution in [-0.4, -0.2) is 50.3 Å². The molecule has 148 valence electrons. The predicted molar refractivity (Wildman–Crippen MR) is 98.7 cm³/mol. The molecule has 11 nitrogen and oxygen atoms in total. The highest BCUT2D eigenvalue weighted by atomic mass is 16.6. The summed E-state index contributed by atoms with van der Waals surface area (Å²) in [6.07, 6.45) is -0.225. The molecule has 2 rings (SSSR count). The molecule has 11 heteroatoms. The number of imidazole rings is 1. The van der Waals surface area contributed by atoms with E-state index in [0.717, 1.165) is 0 Å². The zero-order valence-electron chi connectivity index (χ0n) is 15.9. The van der Waals surface area contributed by atoms with Crippen LogP contribution in [0.5, 0.6) is 0 Å². The number of carbonyl (C=O) groups excluding carboxylic acids is 2. The van der Waals surface area contributed by atoms with Crippen LogP contribution >= 0.6 is 0 Å². The van der Waals surface area contributed by atoms with E-state index in [9.17, 15) is 9.59 Å². The minimum absolute atomic E-state index is 0.0862. The van der Waals surface area contributed by atoms with Crippen LogP contribution in [0, 0.1) is 0 Å². The molecule has 27 heavy (non-hydrogen) atoms. The van der Waals surface area contributed by atoms with E-state index in [1.807, 2.05) is 0 Å². The number of anilines is 2. The molecule has 0 radical (unpaired) electrons. The van der Waals surface area contributed by atoms with Crippen LogP contribution < -0.4 is 16.8 Å². The third-order valence-corrected chi connectivity index (χ3v) is 3.31. The molecule has 0 atom stereocenters. The van der Waals surface area contributed by atoms with Gasteiger partial charge in [0.15, 0.2) is 17.0 Å². The molecular formula is C16H25N7O4. The minimum atomic E-state index is -0.582. The number of hydrogen-bond donors (Lipinski definition) is 3. The standard InChI is InChI=1S/C16H25N7O4/c1-5-26-10(24)8-23-13-11(22-14(23)18)12(17)20-9(21-13)6-7-19-15(25)27-16(2,3)4/h5-8H2,1-4H3,(H2,18,22)(H,19,25)(H2,17,20,21). The zero-order valence-corrected chi connectivity index (χ0v) is 15.9. The Kier molecular flexibility index (Phi) is 6.03. The van der Waals surface area contributed by atoms with Gasteiger partial charge in [0.05, 0.1) is 6.61 Å². The lowest BCUT2D eigenvalue weighted by Crippen LogP contribution is -2.33. The summed E-state index contributed by atoms with van der Waals surface area (Å²) in [7, 11) is 0. The summed E-state index contributed by atoms with van der Waals surface area (Å²) in [5.41, 5.74) is 11.9. The van der Waals surface area contributed by atoms with E-state index >= 15 is 0 Å². The highest BCUT2D eigenvalue weighted by molar-refractivity contribution is 5.85. The SMILES string of the molecule is CCOC(=O)Cn1c(N)nc2c(N)nc(CCNC(=O)OC(C)(C)C)nc21. The Bertz CT molecular complexity index is 841. The second-order valence-electron chi connectivity index (χ2n) is 6.74. The molecule has 0 aromatic carbocycles. The zero-order chi connectivity index (χ0) is 20.2. The Hall–Kier alpha value is -3.11. The number of nitrogens with zero attached hydrogens (tertiary/aromatic N) is 4. The number of nitrogens with one attached hydrogen (secondary N) is 1. The highest BCUT2D eigenvalue weighted by Crippen LogP contribution is 2.20. The van der Waals surface area contributed by atoms with Crippen LogP contribution in [0.2, 0.25) is 0 Å². The first-order valence-corrected chi connectivity index (χ1v) is 8.51. The monoisotopic (exact) mass is 379 g/mol. The fraction of sp³-hybridized carbons (Fsp3) is 0.562. The number of nitrogen functional groups attached to an aromatic ring is 2. The van der Waals surface area contributed by atoms with Crippen molar-refractivity contribution in [3.63, 3.8) is 0 Å². The van der Waals surface area contributed by atoms with Crippen LogP contribution in [0.3, 0.4) is 0 Å². The number of rotatable bonds is 6. The van der Waals surface area contributed by atoms with Crippen LogP contribution in [0.4, 0.5) is 16.6 Å². The van der Waals surface area contributed by atoms with Gasteiger partial charge >= 0.3 is 12.1 Å². The maximum atomic E-state index is 11.8. The van der Waals surface area contributed by atoms with Crippen LogP contribution in [-0.2, 0) is 27.2 Å². The third kappa shape index (κ3) is 5.43. The Morgan fingerprint density at radius 3 is 2.52 bits per heavy atom. The number of nitrogens with two attached hydrogens (primary N) is 2. The fourth-order valence-corrected chi connectivity index (χ4v) is 2.28. The first-order chi connectivity index (χ1) is 12.6. The molecule has 0 bridgehead atoms. The molecule has 0 aliphatic carbocycles. The molecule has 0 saturated carbocycles. The Morgan fingerprint density at radius 1 is 1.19 bits per heavy atom. The van der Waals surface area contributed by atoms with E-state index in [2.05, 4.69) is 20.3 Å². The summed E-state index contributed by atoms with van der Waals surface area (Å²) in [6.45, 7) is 7.41.